The van der Waals surface area contributed by atoms with Gasteiger partial charge in [0.2, 0.25) is 0 Å². The molecule has 0 saturated carbocycles. The van der Waals surface area contributed by atoms with Crippen molar-refractivity contribution in [2.45, 2.75) is 70.2 Å². The third-order valence-electron chi connectivity index (χ3n) is 5.27. The third-order valence-corrected chi connectivity index (χ3v) is 5.27. The van der Waals surface area contributed by atoms with Crippen molar-refractivity contribution < 1.29 is 40.8 Å². The Morgan fingerprint density at radius 1 is 0.926 bits per heavy atom. The van der Waals surface area contributed by atoms with Crippen molar-refractivity contribution in [2.75, 3.05) is 0 Å². The second-order valence-corrected chi connectivity index (χ2v) is 7.56. The fourth-order valence-electron chi connectivity index (χ4n) is 2.82. The summed E-state index contributed by atoms with van der Waals surface area (Å²) in [6.07, 6.45) is -11.7. The summed E-state index contributed by atoms with van der Waals surface area (Å²) in [5, 5.41) is 9.59. The van der Waals surface area contributed by atoms with Crippen LogP contribution in [0.3, 0.4) is 0 Å². The van der Waals surface area contributed by atoms with Gasteiger partial charge in [0.25, 0.3) is 5.60 Å². The first-order chi connectivity index (χ1) is 12.0. The van der Waals surface area contributed by atoms with Crippen molar-refractivity contribution >= 4 is 12.6 Å². The van der Waals surface area contributed by atoms with Crippen LogP contribution < -0.4 is 5.46 Å². The van der Waals surface area contributed by atoms with E-state index in [0.29, 0.717) is 17.6 Å². The summed E-state index contributed by atoms with van der Waals surface area (Å²) in [7, 11) is -0.941. The highest BCUT2D eigenvalue weighted by Crippen LogP contribution is 2.50. The number of hydrogen-bond donors (Lipinski definition) is 1. The van der Waals surface area contributed by atoms with Crippen molar-refractivity contribution in [3.05, 3.63) is 29.3 Å². The lowest BCUT2D eigenvalue weighted by Gasteiger charge is -2.33. The summed E-state index contributed by atoms with van der Waals surface area (Å²) in [4.78, 5) is 0. The normalized spacial score (nSPS) is 20.2. The molecule has 2 rings (SSSR count). The van der Waals surface area contributed by atoms with Crippen molar-refractivity contribution in [1.29, 1.82) is 0 Å². The number of hydrogen-bond acceptors (Lipinski definition) is 3. The topological polar surface area (TPSA) is 38.7 Å². The average Bonchev–Trinajstić information content (AvgIpc) is 2.71. The number of halogens is 6. The maximum atomic E-state index is 13.1. The zero-order chi connectivity index (χ0) is 21.1. The molecule has 1 aliphatic rings. The SMILES string of the molecule is CCc1cc(C(O)(C(F)(F)F)C(F)(F)F)ccc1B1OC(C)(C)C(C)(C)O1. The first-order valence-electron chi connectivity index (χ1n) is 8.32. The minimum Gasteiger partial charge on any atom is -0.399 e. The summed E-state index contributed by atoms with van der Waals surface area (Å²) in [5.41, 5.74) is -7.21. The van der Waals surface area contributed by atoms with Crippen LogP contribution in [0.4, 0.5) is 26.3 Å². The standard InChI is InChI=1S/C17H21BF6O3/c1-6-10-9-11(15(25,16(19,20)21)17(22,23)24)7-8-12(10)18-26-13(2,3)14(4,5)27-18/h7-9,25H,6H2,1-5H3. The molecule has 0 radical (unpaired) electrons. The minimum atomic E-state index is -5.93. The van der Waals surface area contributed by atoms with Crippen LogP contribution in [0.25, 0.3) is 0 Å². The molecule has 1 aromatic rings. The Morgan fingerprint density at radius 2 is 1.37 bits per heavy atom. The van der Waals surface area contributed by atoms with E-state index in [2.05, 4.69) is 0 Å². The second kappa shape index (κ2) is 6.38. The molecule has 1 heterocycles. The predicted molar refractivity (Wildman–Crippen MR) is 87.5 cm³/mol. The van der Waals surface area contributed by atoms with Gasteiger partial charge in [-0.25, -0.2) is 0 Å². The van der Waals surface area contributed by atoms with Gasteiger partial charge in [-0.15, -0.1) is 0 Å². The van der Waals surface area contributed by atoms with Gasteiger partial charge in [0.1, 0.15) is 0 Å². The van der Waals surface area contributed by atoms with Crippen LogP contribution >= 0.6 is 0 Å². The molecule has 1 aromatic carbocycles. The fourth-order valence-corrected chi connectivity index (χ4v) is 2.82. The molecular formula is C17H21BF6O3. The van der Waals surface area contributed by atoms with Gasteiger partial charge in [0.15, 0.2) is 0 Å². The molecular weight excluding hydrogens is 377 g/mol. The van der Waals surface area contributed by atoms with E-state index in [-0.39, 0.29) is 12.0 Å². The summed E-state index contributed by atoms with van der Waals surface area (Å²) in [6, 6.07) is 2.40. The molecule has 0 spiro atoms. The lowest BCUT2D eigenvalue weighted by molar-refractivity contribution is -0.376. The molecule has 3 nitrogen and oxygen atoms in total. The molecule has 1 N–H and O–H groups in total. The van der Waals surface area contributed by atoms with E-state index < -0.39 is 41.8 Å². The smallest absolute Gasteiger partial charge is 0.399 e. The van der Waals surface area contributed by atoms with E-state index in [1.54, 1.807) is 34.6 Å². The Kier molecular flexibility index (Phi) is 5.21. The van der Waals surface area contributed by atoms with Crippen molar-refractivity contribution in [1.82, 2.24) is 0 Å². The molecule has 0 unspecified atom stereocenters. The van der Waals surface area contributed by atoms with Crippen LogP contribution in [0.1, 0.15) is 45.7 Å². The Bertz CT molecular complexity index is 682. The first kappa shape index (κ1) is 22.0. The molecule has 0 atom stereocenters. The quantitative estimate of drug-likeness (QED) is 0.621. The van der Waals surface area contributed by atoms with Crippen LogP contribution in [0, 0.1) is 0 Å². The van der Waals surface area contributed by atoms with E-state index in [4.69, 9.17) is 9.31 Å². The summed E-state index contributed by atoms with van der Waals surface area (Å²) in [5.74, 6) is 0. The van der Waals surface area contributed by atoms with Crippen LogP contribution in [0.2, 0.25) is 0 Å². The van der Waals surface area contributed by atoms with E-state index in [9.17, 15) is 31.4 Å². The number of alkyl halides is 6. The highest BCUT2D eigenvalue weighted by atomic mass is 19.4. The van der Waals surface area contributed by atoms with Gasteiger partial charge < -0.3 is 14.4 Å². The highest BCUT2D eigenvalue weighted by Gasteiger charge is 2.71. The minimum absolute atomic E-state index is 0.124. The van der Waals surface area contributed by atoms with E-state index in [1.165, 1.54) is 0 Å². The van der Waals surface area contributed by atoms with Crippen molar-refractivity contribution in [3.8, 4) is 0 Å². The molecule has 10 heteroatoms. The maximum absolute atomic E-state index is 13.1. The van der Waals surface area contributed by atoms with Gasteiger partial charge in [-0.1, -0.05) is 25.1 Å². The van der Waals surface area contributed by atoms with E-state index in [1.807, 2.05) is 0 Å². The van der Waals surface area contributed by atoms with E-state index >= 15 is 0 Å². The summed E-state index contributed by atoms with van der Waals surface area (Å²) >= 11 is 0. The summed E-state index contributed by atoms with van der Waals surface area (Å²) < 4.78 is 90.3. The average molecular weight is 398 g/mol. The van der Waals surface area contributed by atoms with Gasteiger partial charge in [0.05, 0.1) is 11.2 Å². The maximum Gasteiger partial charge on any atom is 0.495 e. The monoisotopic (exact) mass is 398 g/mol. The Hall–Kier alpha value is -1.26. The van der Waals surface area contributed by atoms with Crippen LogP contribution in [0.5, 0.6) is 0 Å². The number of benzene rings is 1. The third kappa shape index (κ3) is 3.47. The lowest BCUT2D eigenvalue weighted by atomic mass is 9.73. The van der Waals surface area contributed by atoms with Crippen LogP contribution in [0.15, 0.2) is 18.2 Å². The lowest BCUT2D eigenvalue weighted by Crippen LogP contribution is -2.54. The van der Waals surface area contributed by atoms with Crippen molar-refractivity contribution in [2.24, 2.45) is 0 Å². The van der Waals surface area contributed by atoms with Gasteiger partial charge in [-0.2, -0.15) is 26.3 Å². The van der Waals surface area contributed by atoms with Crippen LogP contribution in [-0.4, -0.2) is 35.8 Å². The molecule has 0 bridgehead atoms. The molecule has 1 saturated heterocycles. The number of aliphatic hydroxyl groups is 1. The molecule has 152 valence electrons. The fraction of sp³-hybridized carbons (Fsp3) is 0.647. The Labute approximate surface area is 153 Å². The Balaban J connectivity index is 2.55. The number of rotatable bonds is 3. The molecule has 27 heavy (non-hydrogen) atoms. The molecule has 1 fully saturated rings. The number of aryl methyl sites for hydroxylation is 1. The first-order valence-corrected chi connectivity index (χ1v) is 8.32. The zero-order valence-corrected chi connectivity index (χ0v) is 15.5. The largest absolute Gasteiger partial charge is 0.495 e. The van der Waals surface area contributed by atoms with Crippen LogP contribution in [-0.2, 0) is 21.3 Å². The highest BCUT2D eigenvalue weighted by molar-refractivity contribution is 6.62. The molecule has 1 aliphatic heterocycles. The predicted octanol–water partition coefficient (Wildman–Crippen LogP) is 3.86. The summed E-state index contributed by atoms with van der Waals surface area (Å²) in [6.45, 7) is 8.68. The van der Waals surface area contributed by atoms with Gasteiger partial charge in [-0.05, 0) is 45.1 Å². The van der Waals surface area contributed by atoms with Gasteiger partial charge in [0, 0.05) is 5.56 Å². The van der Waals surface area contributed by atoms with E-state index in [0.717, 1.165) is 6.07 Å². The van der Waals surface area contributed by atoms with Crippen molar-refractivity contribution in [3.63, 3.8) is 0 Å². The Morgan fingerprint density at radius 3 is 1.74 bits per heavy atom. The van der Waals surface area contributed by atoms with Gasteiger partial charge >= 0.3 is 19.5 Å². The zero-order valence-electron chi connectivity index (χ0n) is 15.5. The molecule has 0 aliphatic carbocycles. The molecule has 0 amide bonds. The second-order valence-electron chi connectivity index (χ2n) is 7.56. The molecule has 0 aromatic heterocycles. The van der Waals surface area contributed by atoms with Gasteiger partial charge in [-0.3, -0.25) is 0 Å².